The molecule has 1 saturated heterocycles. The summed E-state index contributed by atoms with van der Waals surface area (Å²) in [5.74, 6) is -0.929. The van der Waals surface area contributed by atoms with E-state index in [-0.39, 0.29) is 6.04 Å². The van der Waals surface area contributed by atoms with Crippen LogP contribution in [0.4, 0.5) is 0 Å². The zero-order valence-corrected chi connectivity index (χ0v) is 18.9. The van der Waals surface area contributed by atoms with Gasteiger partial charge in [0.25, 0.3) is 0 Å². The fraction of sp³-hybridized carbons (Fsp3) is 0.440. The average Bonchev–Trinajstić information content (AvgIpc) is 3.20. The van der Waals surface area contributed by atoms with Crippen LogP contribution in [0, 0.1) is 5.92 Å². The van der Waals surface area contributed by atoms with Crippen LogP contribution in [0.3, 0.4) is 0 Å². The second kappa shape index (κ2) is 11.6. The number of benzene rings is 2. The SMILES string of the molecule is CCC[C@@H]1[C@H](C(=O)OC)[C@H](C(=O)OC)ON1CCc1ccc(OCc2ccccc2)cc1. The Bertz CT molecular complexity index is 870. The van der Waals surface area contributed by atoms with Crippen LogP contribution in [0.5, 0.6) is 5.75 Å². The molecule has 1 aliphatic rings. The van der Waals surface area contributed by atoms with Gasteiger partial charge in [-0.2, -0.15) is 5.06 Å². The maximum Gasteiger partial charge on any atom is 0.338 e. The molecule has 0 amide bonds. The summed E-state index contributed by atoms with van der Waals surface area (Å²) in [4.78, 5) is 30.5. The summed E-state index contributed by atoms with van der Waals surface area (Å²) in [6, 6.07) is 17.7. The van der Waals surface area contributed by atoms with Gasteiger partial charge in [0.1, 0.15) is 18.3 Å². The predicted octanol–water partition coefficient (Wildman–Crippen LogP) is 3.55. The normalized spacial score (nSPS) is 20.7. The van der Waals surface area contributed by atoms with Crippen molar-refractivity contribution in [3.05, 3.63) is 65.7 Å². The van der Waals surface area contributed by atoms with E-state index in [1.54, 1.807) is 5.06 Å². The number of carbonyl (C=O) groups excluding carboxylic acids is 2. The van der Waals surface area contributed by atoms with E-state index in [0.717, 1.165) is 23.3 Å². The van der Waals surface area contributed by atoms with Gasteiger partial charge in [0.05, 0.1) is 20.3 Å². The van der Waals surface area contributed by atoms with Gasteiger partial charge in [0.2, 0.25) is 0 Å². The lowest BCUT2D eigenvalue weighted by molar-refractivity contribution is -0.189. The van der Waals surface area contributed by atoms with Gasteiger partial charge in [-0.15, -0.1) is 0 Å². The fourth-order valence-corrected chi connectivity index (χ4v) is 3.96. The Hall–Kier alpha value is -2.90. The molecule has 2 aromatic rings. The number of ether oxygens (including phenoxy) is 3. The Morgan fingerprint density at radius 1 is 0.938 bits per heavy atom. The van der Waals surface area contributed by atoms with E-state index < -0.39 is 24.0 Å². The monoisotopic (exact) mass is 441 g/mol. The van der Waals surface area contributed by atoms with Crippen molar-refractivity contribution < 1.29 is 28.6 Å². The van der Waals surface area contributed by atoms with E-state index in [4.69, 9.17) is 19.0 Å². The second-order valence-electron chi connectivity index (χ2n) is 7.76. The number of hydroxylamine groups is 2. The van der Waals surface area contributed by atoms with Crippen molar-refractivity contribution in [3.63, 3.8) is 0 Å². The molecular formula is C25H31NO6. The average molecular weight is 442 g/mol. The summed E-state index contributed by atoms with van der Waals surface area (Å²) >= 11 is 0. The van der Waals surface area contributed by atoms with E-state index in [9.17, 15) is 9.59 Å². The highest BCUT2D eigenvalue weighted by Crippen LogP contribution is 2.32. The summed E-state index contributed by atoms with van der Waals surface area (Å²) in [5, 5.41) is 1.74. The molecule has 0 unspecified atom stereocenters. The first-order chi connectivity index (χ1) is 15.6. The minimum absolute atomic E-state index is 0.245. The minimum atomic E-state index is -0.988. The highest BCUT2D eigenvalue weighted by molar-refractivity contribution is 5.84. The standard InChI is InChI=1S/C25H31NO6/c1-4-8-21-22(24(27)29-2)23(25(28)30-3)32-26(21)16-15-18-11-13-20(14-12-18)31-17-19-9-6-5-7-10-19/h5-7,9-14,21-23H,4,8,15-17H2,1-3H3/t21-,22+,23-/m1/s1. The molecule has 0 N–H and O–H groups in total. The molecule has 1 aliphatic heterocycles. The van der Waals surface area contributed by atoms with Crippen LogP contribution >= 0.6 is 0 Å². The molecule has 0 aliphatic carbocycles. The third-order valence-electron chi connectivity index (χ3n) is 5.64. The third kappa shape index (κ3) is 5.87. The summed E-state index contributed by atoms with van der Waals surface area (Å²) < 4.78 is 15.6. The van der Waals surface area contributed by atoms with Crippen LogP contribution in [0.1, 0.15) is 30.9 Å². The number of nitrogens with zero attached hydrogens (tertiary/aromatic N) is 1. The molecule has 1 heterocycles. The van der Waals surface area contributed by atoms with Gasteiger partial charge in [-0.05, 0) is 36.1 Å². The van der Waals surface area contributed by atoms with Crippen molar-refractivity contribution in [1.82, 2.24) is 5.06 Å². The Labute approximate surface area is 189 Å². The highest BCUT2D eigenvalue weighted by Gasteiger charge is 2.51. The van der Waals surface area contributed by atoms with Crippen molar-refractivity contribution in [2.45, 2.75) is 44.9 Å². The fourth-order valence-electron chi connectivity index (χ4n) is 3.96. The third-order valence-corrected chi connectivity index (χ3v) is 5.64. The number of rotatable bonds is 10. The maximum atomic E-state index is 12.4. The summed E-state index contributed by atoms with van der Waals surface area (Å²) in [6.45, 7) is 3.09. The molecule has 32 heavy (non-hydrogen) atoms. The molecule has 7 nitrogen and oxygen atoms in total. The zero-order chi connectivity index (χ0) is 22.9. The summed E-state index contributed by atoms with van der Waals surface area (Å²) in [7, 11) is 2.61. The minimum Gasteiger partial charge on any atom is -0.489 e. The van der Waals surface area contributed by atoms with Gasteiger partial charge in [0, 0.05) is 6.54 Å². The van der Waals surface area contributed by atoms with E-state index in [1.165, 1.54) is 14.2 Å². The molecule has 0 bridgehead atoms. The number of carbonyl (C=O) groups is 2. The lowest BCUT2D eigenvalue weighted by Gasteiger charge is -2.24. The van der Waals surface area contributed by atoms with Crippen LogP contribution in [0.15, 0.2) is 54.6 Å². The lowest BCUT2D eigenvalue weighted by atomic mass is 9.91. The van der Waals surface area contributed by atoms with Gasteiger partial charge >= 0.3 is 11.9 Å². The molecule has 3 atom stereocenters. The van der Waals surface area contributed by atoms with Crippen molar-refractivity contribution >= 4 is 11.9 Å². The Kier molecular flexibility index (Phi) is 8.64. The first kappa shape index (κ1) is 23.8. The molecule has 1 fully saturated rings. The molecule has 3 rings (SSSR count). The van der Waals surface area contributed by atoms with Gasteiger partial charge in [-0.25, -0.2) is 4.79 Å². The van der Waals surface area contributed by atoms with Crippen molar-refractivity contribution in [2.24, 2.45) is 5.92 Å². The van der Waals surface area contributed by atoms with Crippen LogP contribution in [-0.4, -0.2) is 49.9 Å². The predicted molar refractivity (Wildman–Crippen MR) is 119 cm³/mol. The van der Waals surface area contributed by atoms with Gasteiger partial charge in [-0.3, -0.25) is 9.63 Å². The number of hydrogen-bond donors (Lipinski definition) is 0. The topological polar surface area (TPSA) is 74.3 Å². The smallest absolute Gasteiger partial charge is 0.338 e. The molecule has 7 heteroatoms. The Balaban J connectivity index is 1.61. The van der Waals surface area contributed by atoms with Gasteiger partial charge in [0.15, 0.2) is 6.10 Å². The maximum absolute atomic E-state index is 12.4. The summed E-state index contributed by atoms with van der Waals surface area (Å²) in [5.41, 5.74) is 2.22. The molecule has 172 valence electrons. The first-order valence-electron chi connectivity index (χ1n) is 10.9. The van der Waals surface area contributed by atoms with E-state index in [1.807, 2.05) is 61.5 Å². The quantitative estimate of drug-likeness (QED) is 0.522. The highest BCUT2D eigenvalue weighted by atomic mass is 16.7. The van der Waals surface area contributed by atoms with E-state index in [0.29, 0.717) is 26.0 Å². The van der Waals surface area contributed by atoms with Crippen LogP contribution < -0.4 is 4.74 Å². The lowest BCUT2D eigenvalue weighted by Crippen LogP contribution is -2.39. The Morgan fingerprint density at radius 3 is 2.25 bits per heavy atom. The van der Waals surface area contributed by atoms with E-state index in [2.05, 4.69) is 0 Å². The number of hydrogen-bond acceptors (Lipinski definition) is 7. The molecule has 2 aromatic carbocycles. The van der Waals surface area contributed by atoms with E-state index >= 15 is 0 Å². The molecule has 0 radical (unpaired) electrons. The largest absolute Gasteiger partial charge is 0.489 e. The molecule has 0 spiro atoms. The number of esters is 2. The molecule has 0 aromatic heterocycles. The van der Waals surface area contributed by atoms with Crippen LogP contribution in [-0.2, 0) is 36.9 Å². The molecule has 0 saturated carbocycles. The van der Waals surface area contributed by atoms with Crippen LogP contribution in [0.25, 0.3) is 0 Å². The first-order valence-corrected chi connectivity index (χ1v) is 10.9. The van der Waals surface area contributed by atoms with Crippen molar-refractivity contribution in [3.8, 4) is 5.75 Å². The van der Waals surface area contributed by atoms with Crippen molar-refractivity contribution in [1.29, 1.82) is 0 Å². The Morgan fingerprint density at radius 2 is 1.62 bits per heavy atom. The molecular weight excluding hydrogens is 410 g/mol. The zero-order valence-electron chi connectivity index (χ0n) is 18.9. The van der Waals surface area contributed by atoms with Crippen LogP contribution in [0.2, 0.25) is 0 Å². The van der Waals surface area contributed by atoms with Crippen molar-refractivity contribution in [2.75, 3.05) is 20.8 Å². The van der Waals surface area contributed by atoms with Gasteiger partial charge in [-0.1, -0.05) is 55.8 Å². The number of methoxy groups -OCH3 is 2. The van der Waals surface area contributed by atoms with Gasteiger partial charge < -0.3 is 14.2 Å². The summed E-state index contributed by atoms with van der Waals surface area (Å²) in [6.07, 6.45) is 1.26. The second-order valence-corrected chi connectivity index (χ2v) is 7.76.